The van der Waals surface area contributed by atoms with Gasteiger partial charge in [0, 0.05) is 17.7 Å². The van der Waals surface area contributed by atoms with Gasteiger partial charge in [0.05, 0.1) is 18.2 Å². The van der Waals surface area contributed by atoms with Gasteiger partial charge in [0.1, 0.15) is 6.61 Å². The lowest BCUT2D eigenvalue weighted by molar-refractivity contribution is -0.384. The molecule has 0 aliphatic heterocycles. The summed E-state index contributed by atoms with van der Waals surface area (Å²) in [4.78, 5) is 22.4. The van der Waals surface area contributed by atoms with Crippen LogP contribution in [0, 0.1) is 10.1 Å². The highest BCUT2D eigenvalue weighted by atomic mass is 16.6. The number of nitrogens with zero attached hydrogens (tertiary/aromatic N) is 2. The van der Waals surface area contributed by atoms with Crippen molar-refractivity contribution in [3.63, 3.8) is 0 Å². The number of nitrogens with one attached hydrogen (secondary N) is 1. The molecule has 8 heteroatoms. The molecule has 0 aliphatic carbocycles. The largest absolute Gasteiger partial charge is 0.493 e. The number of amides is 1. The van der Waals surface area contributed by atoms with Gasteiger partial charge in [-0.2, -0.15) is 5.10 Å². The molecule has 4 aromatic rings. The molecular formula is C26H21N3O5. The molecule has 0 saturated carbocycles. The number of hydrogen-bond acceptors (Lipinski definition) is 6. The lowest BCUT2D eigenvalue weighted by atomic mass is 10.1. The van der Waals surface area contributed by atoms with Crippen molar-refractivity contribution in [2.24, 2.45) is 5.10 Å². The number of carbonyl (C=O) groups is 1. The number of ether oxygens (including phenoxy) is 2. The summed E-state index contributed by atoms with van der Waals surface area (Å²) in [6.45, 7) is 0.385. The lowest BCUT2D eigenvalue weighted by Crippen LogP contribution is -2.17. The molecule has 0 fully saturated rings. The smallest absolute Gasteiger partial charge is 0.271 e. The monoisotopic (exact) mass is 455 g/mol. The highest BCUT2D eigenvalue weighted by molar-refractivity contribution is 5.95. The van der Waals surface area contributed by atoms with Gasteiger partial charge >= 0.3 is 0 Å². The molecule has 0 unspecified atom stereocenters. The molecule has 0 heterocycles. The van der Waals surface area contributed by atoms with Crippen LogP contribution in [-0.2, 0) is 6.61 Å². The van der Waals surface area contributed by atoms with Gasteiger partial charge in [-0.25, -0.2) is 5.43 Å². The molecule has 34 heavy (non-hydrogen) atoms. The average Bonchev–Trinajstić information content (AvgIpc) is 2.87. The van der Waals surface area contributed by atoms with Crippen molar-refractivity contribution in [2.75, 3.05) is 7.11 Å². The molecular weight excluding hydrogens is 434 g/mol. The number of nitro benzene ring substituents is 1. The van der Waals surface area contributed by atoms with Gasteiger partial charge in [0.15, 0.2) is 11.5 Å². The number of hydrazone groups is 1. The van der Waals surface area contributed by atoms with Crippen LogP contribution in [0.4, 0.5) is 5.69 Å². The number of nitro groups is 1. The molecule has 0 radical (unpaired) electrons. The Labute approximate surface area is 195 Å². The van der Waals surface area contributed by atoms with Crippen LogP contribution in [-0.4, -0.2) is 24.2 Å². The van der Waals surface area contributed by atoms with Crippen molar-refractivity contribution in [1.82, 2.24) is 5.43 Å². The Hall–Kier alpha value is -4.72. The third-order valence-corrected chi connectivity index (χ3v) is 5.17. The molecule has 4 rings (SSSR count). The van der Waals surface area contributed by atoms with Crippen LogP contribution in [0.3, 0.4) is 0 Å². The Kier molecular flexibility index (Phi) is 6.78. The number of methoxy groups -OCH3 is 1. The van der Waals surface area contributed by atoms with E-state index in [-0.39, 0.29) is 11.3 Å². The van der Waals surface area contributed by atoms with E-state index in [2.05, 4.69) is 28.7 Å². The first-order valence-electron chi connectivity index (χ1n) is 10.4. The number of non-ortho nitro benzene ring substituents is 1. The van der Waals surface area contributed by atoms with E-state index in [0.717, 1.165) is 16.3 Å². The second kappa shape index (κ2) is 10.3. The number of hydrogen-bond donors (Lipinski definition) is 1. The third-order valence-electron chi connectivity index (χ3n) is 5.17. The van der Waals surface area contributed by atoms with Crippen LogP contribution < -0.4 is 14.9 Å². The van der Waals surface area contributed by atoms with Crippen molar-refractivity contribution in [1.29, 1.82) is 0 Å². The first-order valence-corrected chi connectivity index (χ1v) is 10.4. The van der Waals surface area contributed by atoms with Crippen LogP contribution in [0.1, 0.15) is 21.5 Å². The van der Waals surface area contributed by atoms with E-state index in [1.54, 1.807) is 25.3 Å². The van der Waals surface area contributed by atoms with E-state index >= 15 is 0 Å². The fraction of sp³-hybridized carbons (Fsp3) is 0.0769. The Morgan fingerprint density at radius 2 is 1.76 bits per heavy atom. The van der Waals surface area contributed by atoms with Crippen LogP contribution >= 0.6 is 0 Å². The zero-order chi connectivity index (χ0) is 23.9. The zero-order valence-corrected chi connectivity index (χ0v) is 18.3. The van der Waals surface area contributed by atoms with E-state index in [1.165, 1.54) is 30.5 Å². The van der Waals surface area contributed by atoms with E-state index in [4.69, 9.17) is 9.47 Å². The van der Waals surface area contributed by atoms with E-state index in [0.29, 0.717) is 23.7 Å². The topological polar surface area (TPSA) is 103 Å². The molecule has 0 saturated heterocycles. The Morgan fingerprint density at radius 1 is 1.00 bits per heavy atom. The zero-order valence-electron chi connectivity index (χ0n) is 18.3. The molecule has 0 aliphatic rings. The molecule has 1 amide bonds. The maximum absolute atomic E-state index is 12.2. The summed E-state index contributed by atoms with van der Waals surface area (Å²) < 4.78 is 11.5. The summed E-state index contributed by atoms with van der Waals surface area (Å²) in [6, 6.07) is 24.8. The molecule has 8 nitrogen and oxygen atoms in total. The number of rotatable bonds is 8. The van der Waals surface area contributed by atoms with E-state index in [1.807, 2.05) is 24.3 Å². The molecule has 170 valence electrons. The standard InChI is InChI=1S/C26H21N3O5/c1-33-25-15-18(16-27-28-26(30)20-10-12-22(13-11-20)29(31)32)9-14-24(25)34-17-21-7-4-6-19-5-2-3-8-23(19)21/h2-16H,17H2,1H3,(H,28,30)/b27-16-. The van der Waals surface area contributed by atoms with Gasteiger partial charge in [-0.1, -0.05) is 42.5 Å². The SMILES string of the molecule is COc1cc(/C=N\NC(=O)c2ccc([N+](=O)[O-])cc2)ccc1OCc1cccc2ccccc12. The van der Waals surface area contributed by atoms with E-state index in [9.17, 15) is 14.9 Å². The summed E-state index contributed by atoms with van der Waals surface area (Å²) in [7, 11) is 1.55. The fourth-order valence-corrected chi connectivity index (χ4v) is 3.42. The minimum absolute atomic E-state index is 0.0880. The summed E-state index contributed by atoms with van der Waals surface area (Å²) >= 11 is 0. The predicted octanol–water partition coefficient (Wildman–Crippen LogP) is 5.10. The fourth-order valence-electron chi connectivity index (χ4n) is 3.42. The van der Waals surface area contributed by atoms with Crippen LogP contribution in [0.15, 0.2) is 90.0 Å². The average molecular weight is 455 g/mol. The van der Waals surface area contributed by atoms with Gasteiger partial charge in [0.2, 0.25) is 0 Å². The maximum Gasteiger partial charge on any atom is 0.271 e. The minimum atomic E-state index is -0.525. The van der Waals surface area contributed by atoms with Crippen LogP contribution in [0.2, 0.25) is 0 Å². The van der Waals surface area contributed by atoms with Gasteiger partial charge in [0.25, 0.3) is 11.6 Å². The van der Waals surface area contributed by atoms with Crippen LogP contribution in [0.25, 0.3) is 10.8 Å². The van der Waals surface area contributed by atoms with Crippen LogP contribution in [0.5, 0.6) is 11.5 Å². The first-order chi connectivity index (χ1) is 16.5. The predicted molar refractivity (Wildman–Crippen MR) is 129 cm³/mol. The summed E-state index contributed by atoms with van der Waals surface area (Å²) in [6.07, 6.45) is 1.47. The minimum Gasteiger partial charge on any atom is -0.493 e. The third kappa shape index (κ3) is 5.18. The normalized spacial score (nSPS) is 10.9. The quantitative estimate of drug-likeness (QED) is 0.226. The second-order valence-electron chi connectivity index (χ2n) is 7.34. The maximum atomic E-state index is 12.2. The first kappa shape index (κ1) is 22.5. The molecule has 1 N–H and O–H groups in total. The summed E-state index contributed by atoms with van der Waals surface area (Å²) in [5, 5.41) is 17.0. The number of carbonyl (C=O) groups excluding carboxylic acids is 1. The molecule has 0 atom stereocenters. The lowest BCUT2D eigenvalue weighted by Gasteiger charge is -2.12. The van der Waals surface area contributed by atoms with Gasteiger partial charge in [-0.15, -0.1) is 0 Å². The van der Waals surface area contributed by atoms with E-state index < -0.39 is 10.8 Å². The number of benzene rings is 4. The Balaban J connectivity index is 1.41. The molecule has 4 aromatic carbocycles. The molecule has 0 bridgehead atoms. The van der Waals surface area contributed by atoms with Crippen molar-refractivity contribution >= 4 is 28.6 Å². The summed E-state index contributed by atoms with van der Waals surface area (Å²) in [5.74, 6) is 0.640. The van der Waals surface area contributed by atoms with Crippen molar-refractivity contribution < 1.29 is 19.2 Å². The number of fused-ring (bicyclic) bond motifs is 1. The molecule has 0 aromatic heterocycles. The van der Waals surface area contributed by atoms with Gasteiger partial charge in [-0.05, 0) is 52.2 Å². The van der Waals surface area contributed by atoms with Gasteiger partial charge < -0.3 is 9.47 Å². The second-order valence-corrected chi connectivity index (χ2v) is 7.34. The highest BCUT2D eigenvalue weighted by Gasteiger charge is 2.10. The van der Waals surface area contributed by atoms with Gasteiger partial charge in [-0.3, -0.25) is 14.9 Å². The Morgan fingerprint density at radius 3 is 2.53 bits per heavy atom. The highest BCUT2D eigenvalue weighted by Crippen LogP contribution is 2.29. The van der Waals surface area contributed by atoms with Crippen molar-refractivity contribution in [2.45, 2.75) is 6.61 Å². The molecule has 0 spiro atoms. The van der Waals surface area contributed by atoms with Crippen molar-refractivity contribution in [3.8, 4) is 11.5 Å². The van der Waals surface area contributed by atoms with Crippen molar-refractivity contribution in [3.05, 3.63) is 112 Å². The Bertz CT molecular complexity index is 1360. The summed E-state index contributed by atoms with van der Waals surface area (Å²) in [5.41, 5.74) is 4.34.